The molecule has 1 aromatic carbocycles. The molecule has 1 amide bonds. The molecule has 0 unspecified atom stereocenters. The minimum atomic E-state index is -0.133. The lowest BCUT2D eigenvalue weighted by atomic mass is 10.1. The normalized spacial score (nSPS) is 15.7. The van der Waals surface area contributed by atoms with E-state index in [9.17, 15) is 9.90 Å². The predicted octanol–water partition coefficient (Wildman–Crippen LogP) is 3.78. The number of carbonyl (C=O) groups excluding carboxylic acids is 1. The number of amides is 1. The third-order valence-electron chi connectivity index (χ3n) is 3.54. The standard InChI is InChI=1S/C14H17BrClNO2/c15-10-5-6-13(18)12(9-10)14(19)17(8-7-16)11-3-1-2-4-11/h5-6,9,11,18H,1-4,7-8H2. The molecule has 1 N–H and O–H groups in total. The predicted molar refractivity (Wildman–Crippen MR) is 79.8 cm³/mol. The van der Waals surface area contributed by atoms with E-state index in [0.29, 0.717) is 18.0 Å². The highest BCUT2D eigenvalue weighted by Crippen LogP contribution is 2.28. The number of hydrogen-bond acceptors (Lipinski definition) is 2. The van der Waals surface area contributed by atoms with E-state index < -0.39 is 0 Å². The van der Waals surface area contributed by atoms with E-state index in [-0.39, 0.29) is 17.7 Å². The van der Waals surface area contributed by atoms with Crippen LogP contribution in [0.2, 0.25) is 0 Å². The number of aromatic hydroxyl groups is 1. The Morgan fingerprint density at radius 3 is 2.74 bits per heavy atom. The zero-order chi connectivity index (χ0) is 13.8. The molecule has 0 saturated heterocycles. The van der Waals surface area contributed by atoms with Crippen molar-refractivity contribution in [3.05, 3.63) is 28.2 Å². The van der Waals surface area contributed by atoms with Gasteiger partial charge in [-0.2, -0.15) is 0 Å². The molecule has 0 bridgehead atoms. The lowest BCUT2D eigenvalue weighted by Gasteiger charge is -2.28. The molecule has 0 spiro atoms. The van der Waals surface area contributed by atoms with Gasteiger partial charge in [0.2, 0.25) is 0 Å². The van der Waals surface area contributed by atoms with Gasteiger partial charge in [-0.15, -0.1) is 11.6 Å². The van der Waals surface area contributed by atoms with Crippen molar-refractivity contribution in [2.24, 2.45) is 0 Å². The summed E-state index contributed by atoms with van der Waals surface area (Å²) in [5.74, 6) is 0.300. The summed E-state index contributed by atoms with van der Waals surface area (Å²) < 4.78 is 0.783. The van der Waals surface area contributed by atoms with Crippen LogP contribution in [-0.2, 0) is 0 Å². The number of carbonyl (C=O) groups is 1. The number of rotatable bonds is 4. The first-order chi connectivity index (χ1) is 9.13. The van der Waals surface area contributed by atoms with Gasteiger partial charge in [-0.05, 0) is 31.0 Å². The van der Waals surface area contributed by atoms with Gasteiger partial charge in [-0.3, -0.25) is 4.79 Å². The average molecular weight is 347 g/mol. The van der Waals surface area contributed by atoms with Gasteiger partial charge in [-0.1, -0.05) is 28.8 Å². The van der Waals surface area contributed by atoms with Crippen molar-refractivity contribution in [1.82, 2.24) is 4.90 Å². The summed E-state index contributed by atoms with van der Waals surface area (Å²) in [5.41, 5.74) is 0.339. The topological polar surface area (TPSA) is 40.5 Å². The van der Waals surface area contributed by atoms with Crippen molar-refractivity contribution >= 4 is 33.4 Å². The highest BCUT2D eigenvalue weighted by Gasteiger charge is 2.28. The van der Waals surface area contributed by atoms with Gasteiger partial charge in [0.05, 0.1) is 5.56 Å². The van der Waals surface area contributed by atoms with E-state index in [4.69, 9.17) is 11.6 Å². The van der Waals surface area contributed by atoms with Gasteiger partial charge in [0.25, 0.3) is 5.91 Å². The molecular weight excluding hydrogens is 330 g/mol. The summed E-state index contributed by atoms with van der Waals surface area (Å²) in [6.07, 6.45) is 4.36. The molecule has 0 radical (unpaired) electrons. The number of nitrogens with zero attached hydrogens (tertiary/aromatic N) is 1. The molecule has 1 aliphatic carbocycles. The molecule has 0 aromatic heterocycles. The molecule has 2 rings (SSSR count). The fourth-order valence-electron chi connectivity index (χ4n) is 2.59. The summed E-state index contributed by atoms with van der Waals surface area (Å²) in [7, 11) is 0. The first kappa shape index (κ1) is 14.7. The van der Waals surface area contributed by atoms with Crippen molar-refractivity contribution in [3.63, 3.8) is 0 Å². The first-order valence-electron chi connectivity index (χ1n) is 6.49. The number of halogens is 2. The maximum Gasteiger partial charge on any atom is 0.257 e. The molecule has 104 valence electrons. The van der Waals surface area contributed by atoms with Crippen molar-refractivity contribution in [2.45, 2.75) is 31.7 Å². The summed E-state index contributed by atoms with van der Waals surface area (Å²) in [4.78, 5) is 14.4. The molecule has 1 aromatic rings. The molecule has 1 aliphatic rings. The largest absolute Gasteiger partial charge is 0.507 e. The zero-order valence-corrected chi connectivity index (χ0v) is 13.0. The molecule has 1 saturated carbocycles. The first-order valence-corrected chi connectivity index (χ1v) is 7.81. The second kappa shape index (κ2) is 6.62. The van der Waals surface area contributed by atoms with E-state index >= 15 is 0 Å². The van der Waals surface area contributed by atoms with Gasteiger partial charge < -0.3 is 10.0 Å². The molecule has 0 heterocycles. The summed E-state index contributed by atoms with van der Waals surface area (Å²) in [6, 6.07) is 5.16. The van der Waals surface area contributed by atoms with E-state index in [2.05, 4.69) is 15.9 Å². The van der Waals surface area contributed by atoms with E-state index in [1.165, 1.54) is 6.07 Å². The van der Waals surface area contributed by atoms with Crippen molar-refractivity contribution in [2.75, 3.05) is 12.4 Å². The van der Waals surface area contributed by atoms with Gasteiger partial charge in [0, 0.05) is 22.9 Å². The highest BCUT2D eigenvalue weighted by molar-refractivity contribution is 9.10. The van der Waals surface area contributed by atoms with Gasteiger partial charge in [0.1, 0.15) is 5.75 Å². The molecule has 0 atom stereocenters. The van der Waals surface area contributed by atoms with Crippen LogP contribution in [0.4, 0.5) is 0 Å². The second-order valence-electron chi connectivity index (χ2n) is 4.79. The Hall–Kier alpha value is -0.740. The van der Waals surface area contributed by atoms with Crippen LogP contribution in [0.3, 0.4) is 0 Å². The third-order valence-corrected chi connectivity index (χ3v) is 4.20. The van der Waals surface area contributed by atoms with Gasteiger partial charge >= 0.3 is 0 Å². The van der Waals surface area contributed by atoms with Crippen LogP contribution in [0.5, 0.6) is 5.75 Å². The fourth-order valence-corrected chi connectivity index (χ4v) is 3.13. The quantitative estimate of drug-likeness (QED) is 0.843. The minimum absolute atomic E-state index is 0.0192. The molecule has 19 heavy (non-hydrogen) atoms. The van der Waals surface area contributed by atoms with Crippen LogP contribution in [0.1, 0.15) is 36.0 Å². The fraction of sp³-hybridized carbons (Fsp3) is 0.500. The number of benzene rings is 1. The average Bonchev–Trinajstić information content (AvgIpc) is 2.92. The molecule has 5 heteroatoms. The van der Waals surface area contributed by atoms with Crippen LogP contribution in [0, 0.1) is 0 Å². The van der Waals surface area contributed by atoms with Crippen molar-refractivity contribution < 1.29 is 9.90 Å². The molecular formula is C14H17BrClNO2. The van der Waals surface area contributed by atoms with Crippen molar-refractivity contribution in [1.29, 1.82) is 0 Å². The van der Waals surface area contributed by atoms with E-state index in [0.717, 1.165) is 30.2 Å². The van der Waals surface area contributed by atoms with E-state index in [1.54, 1.807) is 12.1 Å². The smallest absolute Gasteiger partial charge is 0.257 e. The van der Waals surface area contributed by atoms with Crippen LogP contribution in [-0.4, -0.2) is 34.4 Å². The van der Waals surface area contributed by atoms with Gasteiger partial charge in [0.15, 0.2) is 0 Å². The Morgan fingerprint density at radius 2 is 2.11 bits per heavy atom. The summed E-state index contributed by atoms with van der Waals surface area (Å²) >= 11 is 9.14. The SMILES string of the molecule is O=C(c1cc(Br)ccc1O)N(CCCl)C1CCCC1. The monoisotopic (exact) mass is 345 g/mol. The maximum atomic E-state index is 12.6. The lowest BCUT2D eigenvalue weighted by Crippen LogP contribution is -2.40. The molecule has 0 aliphatic heterocycles. The number of alkyl halides is 1. The Balaban J connectivity index is 2.25. The zero-order valence-electron chi connectivity index (χ0n) is 10.6. The number of phenolic OH excluding ortho intramolecular Hbond substituents is 1. The number of phenols is 1. The van der Waals surface area contributed by atoms with Crippen LogP contribution in [0.15, 0.2) is 22.7 Å². The lowest BCUT2D eigenvalue weighted by molar-refractivity contribution is 0.0692. The molecule has 3 nitrogen and oxygen atoms in total. The molecule has 1 fully saturated rings. The van der Waals surface area contributed by atoms with E-state index in [1.807, 2.05) is 4.90 Å². The summed E-state index contributed by atoms with van der Waals surface area (Å²) in [6.45, 7) is 0.525. The minimum Gasteiger partial charge on any atom is -0.507 e. The Kier molecular flexibility index (Phi) is 5.11. The van der Waals surface area contributed by atoms with Crippen LogP contribution in [0.25, 0.3) is 0 Å². The van der Waals surface area contributed by atoms with Gasteiger partial charge in [-0.25, -0.2) is 0 Å². The Bertz CT molecular complexity index is 461. The van der Waals surface area contributed by atoms with Crippen LogP contribution < -0.4 is 0 Å². The highest BCUT2D eigenvalue weighted by atomic mass is 79.9. The van der Waals surface area contributed by atoms with Crippen LogP contribution >= 0.6 is 27.5 Å². The second-order valence-corrected chi connectivity index (χ2v) is 6.08. The van der Waals surface area contributed by atoms with Crippen molar-refractivity contribution in [3.8, 4) is 5.75 Å². The Morgan fingerprint density at radius 1 is 1.42 bits per heavy atom. The summed E-state index contributed by atoms with van der Waals surface area (Å²) in [5, 5.41) is 9.86. The third kappa shape index (κ3) is 3.42. The maximum absolute atomic E-state index is 12.6. The number of hydrogen-bond donors (Lipinski definition) is 1. The Labute approximate surface area is 126 Å².